The molecule has 9 heteroatoms. The number of nitrogens with zero attached hydrogens (tertiary/aromatic N) is 4. The highest BCUT2D eigenvalue weighted by Gasteiger charge is 1.71. The highest BCUT2D eigenvalue weighted by Crippen LogP contribution is 1.61. The van der Waals surface area contributed by atoms with E-state index in [1.165, 1.54) is 17.3 Å². The van der Waals surface area contributed by atoms with E-state index in [1.54, 1.807) is 6.92 Å². The van der Waals surface area contributed by atoms with Gasteiger partial charge in [-0.05, 0) is 6.92 Å². The molecule has 0 fully saturated rings. The molecule has 1 aromatic rings. The van der Waals surface area contributed by atoms with Gasteiger partial charge in [0.2, 0.25) is 0 Å². The summed E-state index contributed by atoms with van der Waals surface area (Å²) < 4.78 is 1.28. The van der Waals surface area contributed by atoms with Crippen molar-refractivity contribution in [2.45, 2.75) is 6.92 Å². The second-order valence-electron chi connectivity index (χ2n) is 1.46. The molecule has 1 aromatic heterocycles. The Morgan fingerprint density at radius 1 is 1.62 bits per heavy atom. The molecule has 1 rings (SSSR count). The van der Waals surface area contributed by atoms with Crippen LogP contribution in [0.4, 0.5) is 0 Å². The zero-order chi connectivity index (χ0) is 10.7. The number of aliphatic hydroxyl groups is 1. The summed E-state index contributed by atoms with van der Waals surface area (Å²) >= 11 is 0. The van der Waals surface area contributed by atoms with Crippen LogP contribution in [0.3, 0.4) is 0 Å². The van der Waals surface area contributed by atoms with Gasteiger partial charge in [-0.2, -0.15) is 0 Å². The standard InChI is InChI=1S/C2H4N4.C2H6O.HNO3/c3-6-1-4-5-2-6;1-2-3;2-1(3)4/h1-2H,3H2;3H,2H2,1H3;(H,2,3,4). The van der Waals surface area contributed by atoms with Crippen molar-refractivity contribution in [1.29, 1.82) is 0 Å². The molecule has 0 saturated heterocycles. The van der Waals surface area contributed by atoms with E-state index in [4.69, 9.17) is 26.3 Å². The molecule has 13 heavy (non-hydrogen) atoms. The molecule has 0 saturated carbocycles. The van der Waals surface area contributed by atoms with E-state index in [0.29, 0.717) is 0 Å². The average Bonchev–Trinajstić information content (AvgIpc) is 2.39. The van der Waals surface area contributed by atoms with Crippen molar-refractivity contribution in [2.24, 2.45) is 0 Å². The molecule has 76 valence electrons. The van der Waals surface area contributed by atoms with Gasteiger partial charge in [0.25, 0.3) is 5.09 Å². The number of aliphatic hydroxyl groups excluding tert-OH is 1. The normalized spacial score (nSPS) is 7.23. The summed E-state index contributed by atoms with van der Waals surface area (Å²) in [5.41, 5.74) is 0. The van der Waals surface area contributed by atoms with Gasteiger partial charge in [-0.25, -0.2) is 4.68 Å². The lowest BCUT2D eigenvalue weighted by Gasteiger charge is -1.76. The zero-order valence-corrected chi connectivity index (χ0v) is 6.94. The summed E-state index contributed by atoms with van der Waals surface area (Å²) in [4.78, 5) is 8.36. The smallest absolute Gasteiger partial charge is 0.291 e. The van der Waals surface area contributed by atoms with Crippen molar-refractivity contribution < 1.29 is 15.4 Å². The first-order valence-electron chi connectivity index (χ1n) is 3.08. The summed E-state index contributed by atoms with van der Waals surface area (Å²) in [5.74, 6) is 5.07. The van der Waals surface area contributed by atoms with Gasteiger partial charge in [0.15, 0.2) is 0 Å². The molecule has 0 unspecified atom stereocenters. The van der Waals surface area contributed by atoms with Gasteiger partial charge in [0.05, 0.1) is 0 Å². The fourth-order valence-corrected chi connectivity index (χ4v) is 0.209. The molecule has 0 radical (unpaired) electrons. The van der Waals surface area contributed by atoms with Crippen molar-refractivity contribution >= 4 is 0 Å². The molecule has 0 amide bonds. The lowest BCUT2D eigenvalue weighted by molar-refractivity contribution is -0.742. The molecule has 0 spiro atoms. The Balaban J connectivity index is 0. The Kier molecular flexibility index (Phi) is 10.6. The fourth-order valence-electron chi connectivity index (χ4n) is 0.209. The minimum atomic E-state index is -1.50. The van der Waals surface area contributed by atoms with Gasteiger partial charge < -0.3 is 16.2 Å². The lowest BCUT2D eigenvalue weighted by atomic mass is 10.9. The molecule has 0 bridgehead atoms. The van der Waals surface area contributed by atoms with E-state index >= 15 is 0 Å². The zero-order valence-electron chi connectivity index (χ0n) is 6.94. The van der Waals surface area contributed by atoms with E-state index in [-0.39, 0.29) is 6.61 Å². The van der Waals surface area contributed by atoms with E-state index in [1.807, 2.05) is 0 Å². The largest absolute Gasteiger partial charge is 0.397 e. The second kappa shape index (κ2) is 10.1. The number of aromatic nitrogens is 3. The third kappa shape index (κ3) is 25.5. The van der Waals surface area contributed by atoms with Crippen molar-refractivity contribution in [3.05, 3.63) is 22.8 Å². The van der Waals surface area contributed by atoms with Crippen molar-refractivity contribution in [3.8, 4) is 0 Å². The second-order valence-corrected chi connectivity index (χ2v) is 1.46. The fraction of sp³-hybridized carbons (Fsp3) is 0.500. The topological polar surface area (TPSA) is 140 Å². The van der Waals surface area contributed by atoms with Crippen LogP contribution in [0.1, 0.15) is 6.92 Å². The summed E-state index contributed by atoms with van der Waals surface area (Å²) in [7, 11) is 0. The molecule has 0 aromatic carbocycles. The first-order chi connectivity index (χ1) is 6.04. The predicted octanol–water partition coefficient (Wildman–Crippen LogP) is -1.36. The van der Waals surface area contributed by atoms with Crippen LogP contribution in [0.2, 0.25) is 0 Å². The first-order valence-corrected chi connectivity index (χ1v) is 3.08. The Morgan fingerprint density at radius 2 is 1.85 bits per heavy atom. The van der Waals surface area contributed by atoms with E-state index in [2.05, 4.69) is 10.2 Å². The average molecular weight is 193 g/mol. The maximum absolute atomic E-state index is 8.36. The van der Waals surface area contributed by atoms with Crippen LogP contribution in [0, 0.1) is 10.1 Å². The number of hydrogen-bond acceptors (Lipinski definition) is 6. The van der Waals surface area contributed by atoms with Gasteiger partial charge in [-0.1, -0.05) is 0 Å². The highest BCUT2D eigenvalue weighted by atomic mass is 16.9. The summed E-state index contributed by atoms with van der Waals surface area (Å²) in [6.07, 6.45) is 2.83. The van der Waals surface area contributed by atoms with Crippen LogP contribution in [0.5, 0.6) is 0 Å². The molecule has 4 N–H and O–H groups in total. The molecular formula is C4H11N5O4. The van der Waals surface area contributed by atoms with Crippen LogP contribution in [-0.4, -0.2) is 36.9 Å². The number of rotatable bonds is 0. The summed E-state index contributed by atoms with van der Waals surface area (Å²) in [6.45, 7) is 1.93. The minimum absolute atomic E-state index is 0.250. The minimum Gasteiger partial charge on any atom is -0.397 e. The van der Waals surface area contributed by atoms with Gasteiger partial charge in [0.1, 0.15) is 12.7 Å². The van der Waals surface area contributed by atoms with E-state index in [0.717, 1.165) is 0 Å². The SMILES string of the molecule is CCO.Nn1cnnc1.O=[N+]([O-])O. The van der Waals surface area contributed by atoms with Crippen LogP contribution in [0.15, 0.2) is 12.7 Å². The molecule has 0 aliphatic rings. The quantitative estimate of drug-likeness (QED) is 0.262. The molecule has 0 aliphatic carbocycles. The number of hydrogen-bond donors (Lipinski definition) is 3. The Bertz CT molecular complexity index is 196. The lowest BCUT2D eigenvalue weighted by Crippen LogP contribution is -2.02. The number of nitrogen functional groups attached to an aromatic ring is 1. The van der Waals surface area contributed by atoms with Gasteiger partial charge >= 0.3 is 0 Å². The third-order valence-electron chi connectivity index (χ3n) is 0.437. The molecule has 9 nitrogen and oxygen atoms in total. The van der Waals surface area contributed by atoms with E-state index < -0.39 is 5.09 Å². The molecular weight excluding hydrogens is 182 g/mol. The van der Waals surface area contributed by atoms with E-state index in [9.17, 15) is 0 Å². The van der Waals surface area contributed by atoms with Crippen molar-refractivity contribution in [1.82, 2.24) is 14.9 Å². The summed E-state index contributed by atoms with van der Waals surface area (Å²) in [5, 5.41) is 28.0. The highest BCUT2D eigenvalue weighted by molar-refractivity contribution is 4.55. The predicted molar refractivity (Wildman–Crippen MR) is 41.7 cm³/mol. The van der Waals surface area contributed by atoms with Crippen molar-refractivity contribution in [3.63, 3.8) is 0 Å². The van der Waals surface area contributed by atoms with Crippen molar-refractivity contribution in [2.75, 3.05) is 12.4 Å². The van der Waals surface area contributed by atoms with Crippen LogP contribution in [0.25, 0.3) is 0 Å². The monoisotopic (exact) mass is 193 g/mol. The molecule has 1 heterocycles. The van der Waals surface area contributed by atoms with Gasteiger partial charge in [0, 0.05) is 6.61 Å². The molecule has 0 aliphatic heterocycles. The molecule has 0 atom stereocenters. The Hall–Kier alpha value is -1.90. The Morgan fingerprint density at radius 3 is 1.92 bits per heavy atom. The number of nitrogens with two attached hydrogens (primary N) is 1. The third-order valence-corrected chi connectivity index (χ3v) is 0.437. The summed E-state index contributed by atoms with van der Waals surface area (Å²) in [6, 6.07) is 0. The maximum Gasteiger partial charge on any atom is 0.291 e. The van der Waals surface area contributed by atoms with Gasteiger partial charge in [-0.3, -0.25) is 0 Å². The Labute approximate surface area is 73.5 Å². The van der Waals surface area contributed by atoms with Crippen LogP contribution >= 0.6 is 0 Å². The van der Waals surface area contributed by atoms with Crippen LogP contribution in [-0.2, 0) is 0 Å². The first kappa shape index (κ1) is 13.7. The van der Waals surface area contributed by atoms with Crippen LogP contribution < -0.4 is 5.84 Å². The van der Waals surface area contributed by atoms with Gasteiger partial charge in [-0.15, -0.1) is 20.3 Å². The maximum atomic E-state index is 8.36.